The highest BCUT2D eigenvalue weighted by molar-refractivity contribution is 5.88. The molecule has 0 radical (unpaired) electrons. The molecule has 2 bridgehead atoms. The molecule has 2 atom stereocenters. The number of carboxylic acid groups (broad SMARTS) is 2. The van der Waals surface area contributed by atoms with Gasteiger partial charge < -0.3 is 10.2 Å². The van der Waals surface area contributed by atoms with E-state index < -0.39 is 28.2 Å². The molecule has 0 aromatic rings. The van der Waals surface area contributed by atoms with Crippen molar-refractivity contribution in [3.8, 4) is 0 Å². The molecule has 4 nitrogen and oxygen atoms in total. The highest BCUT2D eigenvalue weighted by Crippen LogP contribution is 2.72. The zero-order chi connectivity index (χ0) is 12.4. The van der Waals surface area contributed by atoms with Gasteiger partial charge in [0.25, 0.3) is 0 Å². The van der Waals surface area contributed by atoms with Gasteiger partial charge >= 0.3 is 11.9 Å². The second-order valence-electron chi connectivity index (χ2n) is 5.55. The van der Waals surface area contributed by atoms with Crippen LogP contribution in [0, 0.1) is 16.2 Å². The largest absolute Gasteiger partial charge is 0.481 e. The molecule has 0 aliphatic heterocycles. The number of hydrogen-bond donors (Lipinski definition) is 2. The fraction of sp³-hybridized carbons (Fsp3) is 0.667. The van der Waals surface area contributed by atoms with E-state index in [1.54, 1.807) is 13.8 Å². The number of fused-ring (bicyclic) bond motifs is 2. The number of rotatable bonds is 2. The lowest BCUT2D eigenvalue weighted by Crippen LogP contribution is -2.42. The summed E-state index contributed by atoms with van der Waals surface area (Å²) in [6, 6.07) is 0. The van der Waals surface area contributed by atoms with Gasteiger partial charge in [-0.15, -0.1) is 0 Å². The summed E-state index contributed by atoms with van der Waals surface area (Å²) in [5, 5.41) is 18.7. The number of hydrogen-bond acceptors (Lipinski definition) is 2. The first-order valence-electron chi connectivity index (χ1n) is 5.37. The first kappa shape index (κ1) is 11.2. The normalized spacial score (nSPS) is 40.0. The van der Waals surface area contributed by atoms with Crippen LogP contribution in [0.4, 0.5) is 0 Å². The minimum absolute atomic E-state index is 0.191. The third-order valence-corrected chi connectivity index (χ3v) is 4.93. The zero-order valence-electron chi connectivity index (χ0n) is 9.54. The molecule has 0 saturated heterocycles. The van der Waals surface area contributed by atoms with E-state index in [2.05, 4.69) is 6.58 Å². The summed E-state index contributed by atoms with van der Waals surface area (Å²) in [5.74, 6) is -1.81. The van der Waals surface area contributed by atoms with Gasteiger partial charge in [0.1, 0.15) is 0 Å². The van der Waals surface area contributed by atoms with Crippen molar-refractivity contribution >= 4 is 11.9 Å². The molecule has 2 N–H and O–H groups in total. The predicted molar refractivity (Wildman–Crippen MR) is 56.9 cm³/mol. The maximum Gasteiger partial charge on any atom is 0.313 e. The van der Waals surface area contributed by atoms with E-state index in [0.717, 1.165) is 0 Å². The zero-order valence-corrected chi connectivity index (χ0v) is 9.54. The lowest BCUT2D eigenvalue weighted by Gasteiger charge is -2.41. The third kappa shape index (κ3) is 0.867. The van der Waals surface area contributed by atoms with Gasteiger partial charge in [-0.3, -0.25) is 9.59 Å². The maximum atomic E-state index is 11.5. The highest BCUT2D eigenvalue weighted by atomic mass is 16.4. The fourth-order valence-corrected chi connectivity index (χ4v) is 3.56. The minimum Gasteiger partial charge on any atom is -0.481 e. The second kappa shape index (κ2) is 2.67. The molecule has 0 spiro atoms. The summed E-state index contributed by atoms with van der Waals surface area (Å²) in [6.07, 6.45) is 1.02. The molecule has 16 heavy (non-hydrogen) atoms. The summed E-state index contributed by atoms with van der Waals surface area (Å²) in [4.78, 5) is 22.9. The van der Waals surface area contributed by atoms with E-state index in [-0.39, 0.29) is 6.42 Å². The van der Waals surface area contributed by atoms with Gasteiger partial charge in [0.2, 0.25) is 0 Å². The fourth-order valence-electron chi connectivity index (χ4n) is 3.56. The van der Waals surface area contributed by atoms with E-state index in [1.165, 1.54) is 0 Å². The molecule has 2 saturated carbocycles. The highest BCUT2D eigenvalue weighted by Gasteiger charge is 2.72. The molecule has 2 rings (SSSR count). The van der Waals surface area contributed by atoms with Crippen LogP contribution in [0.5, 0.6) is 0 Å². The van der Waals surface area contributed by atoms with Crippen LogP contribution >= 0.6 is 0 Å². The Labute approximate surface area is 94.0 Å². The Morgan fingerprint density at radius 3 is 2.06 bits per heavy atom. The summed E-state index contributed by atoms with van der Waals surface area (Å²) in [5.41, 5.74) is -2.03. The average molecular weight is 224 g/mol. The number of carboxylic acids is 2. The first-order valence-corrected chi connectivity index (χ1v) is 5.37. The summed E-state index contributed by atoms with van der Waals surface area (Å²) in [7, 11) is 0. The van der Waals surface area contributed by atoms with E-state index in [4.69, 9.17) is 0 Å². The molecule has 2 aliphatic rings. The van der Waals surface area contributed by atoms with Crippen molar-refractivity contribution in [3.63, 3.8) is 0 Å². The molecule has 0 amide bonds. The molecular formula is C12H16O4. The van der Waals surface area contributed by atoms with Crippen molar-refractivity contribution in [2.75, 3.05) is 0 Å². The van der Waals surface area contributed by atoms with Crippen LogP contribution in [0.3, 0.4) is 0 Å². The van der Waals surface area contributed by atoms with E-state index >= 15 is 0 Å². The molecule has 2 aliphatic carbocycles. The van der Waals surface area contributed by atoms with Gasteiger partial charge in [0.15, 0.2) is 0 Å². The monoisotopic (exact) mass is 224 g/mol. The predicted octanol–water partition coefficient (Wildman–Crippen LogP) is 1.91. The summed E-state index contributed by atoms with van der Waals surface area (Å²) in [6.45, 7) is 7.46. The third-order valence-electron chi connectivity index (χ3n) is 4.93. The van der Waals surface area contributed by atoms with Crippen LogP contribution < -0.4 is 0 Å². The van der Waals surface area contributed by atoms with Crippen LogP contribution in [0.15, 0.2) is 12.2 Å². The maximum absolute atomic E-state index is 11.5. The molecule has 0 aromatic carbocycles. The van der Waals surface area contributed by atoms with Gasteiger partial charge in [-0.2, -0.15) is 0 Å². The standard InChI is InChI=1S/C12H16O4/c1-7-10(2,3)12(9(15)16)5-4-11(7,6-12)8(13)14/h1,4-6H2,2-3H3,(H,13,14)(H,15,16)/t11-,12-/m0/s1. The molecule has 88 valence electrons. The molecule has 0 aromatic heterocycles. The molecule has 4 heteroatoms. The van der Waals surface area contributed by atoms with Crippen molar-refractivity contribution in [3.05, 3.63) is 12.2 Å². The molecular weight excluding hydrogens is 208 g/mol. The van der Waals surface area contributed by atoms with Gasteiger partial charge in [-0.1, -0.05) is 26.0 Å². The van der Waals surface area contributed by atoms with Crippen LogP contribution in [-0.4, -0.2) is 22.2 Å². The van der Waals surface area contributed by atoms with E-state index in [1.807, 2.05) is 0 Å². The van der Waals surface area contributed by atoms with Crippen LogP contribution in [0.1, 0.15) is 33.1 Å². The van der Waals surface area contributed by atoms with E-state index in [9.17, 15) is 19.8 Å². The Kier molecular flexibility index (Phi) is 1.87. The van der Waals surface area contributed by atoms with Crippen molar-refractivity contribution < 1.29 is 19.8 Å². The lowest BCUT2D eigenvalue weighted by atomic mass is 9.61. The van der Waals surface area contributed by atoms with Crippen LogP contribution in [-0.2, 0) is 9.59 Å². The van der Waals surface area contributed by atoms with Gasteiger partial charge in [-0.25, -0.2) is 0 Å². The minimum atomic E-state index is -1.01. The molecule has 0 heterocycles. The average Bonchev–Trinajstić information content (AvgIpc) is 2.64. The van der Waals surface area contributed by atoms with Gasteiger partial charge in [0.05, 0.1) is 10.8 Å². The lowest BCUT2D eigenvalue weighted by molar-refractivity contribution is -0.153. The Morgan fingerprint density at radius 2 is 1.75 bits per heavy atom. The van der Waals surface area contributed by atoms with Crippen molar-refractivity contribution in [1.82, 2.24) is 0 Å². The number of aliphatic carboxylic acids is 2. The Hall–Kier alpha value is -1.32. The van der Waals surface area contributed by atoms with Crippen molar-refractivity contribution in [2.24, 2.45) is 16.2 Å². The number of carbonyl (C=O) groups is 2. The summed E-state index contributed by atoms with van der Waals surface area (Å²) >= 11 is 0. The molecule has 2 fully saturated rings. The van der Waals surface area contributed by atoms with Crippen molar-refractivity contribution in [1.29, 1.82) is 0 Å². The quantitative estimate of drug-likeness (QED) is 0.702. The SMILES string of the molecule is C=C1C(C)(C)[C@@]2(C(=O)O)CC[C@]1(C(=O)O)C2. The van der Waals surface area contributed by atoms with Crippen molar-refractivity contribution in [2.45, 2.75) is 33.1 Å². The van der Waals surface area contributed by atoms with E-state index in [0.29, 0.717) is 18.4 Å². The second-order valence-corrected chi connectivity index (χ2v) is 5.55. The Morgan fingerprint density at radius 1 is 1.19 bits per heavy atom. The van der Waals surface area contributed by atoms with Gasteiger partial charge in [0, 0.05) is 5.41 Å². The smallest absolute Gasteiger partial charge is 0.313 e. The summed E-state index contributed by atoms with van der Waals surface area (Å²) < 4.78 is 0. The Bertz CT molecular complexity index is 409. The Balaban J connectivity index is 2.61. The topological polar surface area (TPSA) is 74.6 Å². The van der Waals surface area contributed by atoms with Gasteiger partial charge in [-0.05, 0) is 19.3 Å². The first-order chi connectivity index (χ1) is 7.21. The van der Waals surface area contributed by atoms with Crippen LogP contribution in [0.2, 0.25) is 0 Å². The molecule has 0 unspecified atom stereocenters. The van der Waals surface area contributed by atoms with Crippen LogP contribution in [0.25, 0.3) is 0 Å².